The van der Waals surface area contributed by atoms with E-state index in [1.807, 2.05) is 45.9 Å². The Balaban J connectivity index is 2.61. The van der Waals surface area contributed by atoms with E-state index in [0.29, 0.717) is 5.69 Å². The van der Waals surface area contributed by atoms with Gasteiger partial charge >= 0.3 is 6.03 Å². The number of hydrogen-bond acceptors (Lipinski definition) is 2. The van der Waals surface area contributed by atoms with Gasteiger partial charge in [0.05, 0.1) is 0 Å². The normalized spacial score (nSPS) is 12.1. The van der Waals surface area contributed by atoms with Gasteiger partial charge in [0.15, 0.2) is 0 Å². The molecule has 0 fully saturated rings. The molecule has 3 amide bonds. The molecular formula is C15H23N3O2. The number of para-hydroxylation sites is 1. The van der Waals surface area contributed by atoms with Crippen molar-refractivity contribution in [3.8, 4) is 0 Å². The fourth-order valence-electron chi connectivity index (χ4n) is 1.74. The van der Waals surface area contributed by atoms with Gasteiger partial charge in [-0.3, -0.25) is 4.79 Å². The fraction of sp³-hybridized carbons (Fsp3) is 0.467. The van der Waals surface area contributed by atoms with Crippen LogP contribution in [-0.2, 0) is 4.79 Å². The first-order valence-corrected chi connectivity index (χ1v) is 6.83. The lowest BCUT2D eigenvalue weighted by Gasteiger charge is -2.23. The number of urea groups is 1. The van der Waals surface area contributed by atoms with Crippen LogP contribution in [0.25, 0.3) is 0 Å². The molecule has 1 aromatic carbocycles. The van der Waals surface area contributed by atoms with Gasteiger partial charge in [0.2, 0.25) is 5.91 Å². The van der Waals surface area contributed by atoms with Crippen LogP contribution < -0.4 is 16.0 Å². The predicted octanol–water partition coefficient (Wildman–Crippen LogP) is 2.36. The summed E-state index contributed by atoms with van der Waals surface area (Å²) in [6, 6.07) is 8.23. The maximum absolute atomic E-state index is 12.0. The molecule has 3 N–H and O–H groups in total. The van der Waals surface area contributed by atoms with Gasteiger partial charge in [-0.25, -0.2) is 4.79 Å². The maximum atomic E-state index is 12.0. The summed E-state index contributed by atoms with van der Waals surface area (Å²) in [5.41, 5.74) is 0.691. The lowest BCUT2D eigenvalue weighted by atomic mass is 10.0. The van der Waals surface area contributed by atoms with Crippen LogP contribution in [0.3, 0.4) is 0 Å². The number of amides is 3. The van der Waals surface area contributed by atoms with Gasteiger partial charge < -0.3 is 16.0 Å². The quantitative estimate of drug-likeness (QED) is 0.773. The Hall–Kier alpha value is -2.04. The zero-order valence-corrected chi connectivity index (χ0v) is 12.4. The van der Waals surface area contributed by atoms with Gasteiger partial charge in [-0.1, -0.05) is 32.0 Å². The molecule has 1 atom stereocenters. The largest absolute Gasteiger partial charge is 0.352 e. The Kier molecular flexibility index (Phi) is 6.03. The number of benzene rings is 1. The van der Waals surface area contributed by atoms with E-state index in [2.05, 4.69) is 16.0 Å². The zero-order chi connectivity index (χ0) is 15.1. The summed E-state index contributed by atoms with van der Waals surface area (Å²) in [6.07, 6.45) is 0. The molecular weight excluding hydrogens is 254 g/mol. The highest BCUT2D eigenvalue weighted by Gasteiger charge is 2.24. The molecule has 1 aromatic rings. The first-order chi connectivity index (χ1) is 9.40. The SMILES string of the molecule is CC(C)NC(=O)C(NC(=O)Nc1ccccc1)C(C)C. The molecule has 0 aliphatic rings. The average Bonchev–Trinajstić information content (AvgIpc) is 2.35. The zero-order valence-electron chi connectivity index (χ0n) is 12.4. The monoisotopic (exact) mass is 277 g/mol. The summed E-state index contributed by atoms with van der Waals surface area (Å²) in [4.78, 5) is 23.9. The van der Waals surface area contributed by atoms with Crippen LogP contribution in [0.4, 0.5) is 10.5 Å². The molecule has 0 aliphatic heterocycles. The summed E-state index contributed by atoms with van der Waals surface area (Å²) in [7, 11) is 0. The van der Waals surface area contributed by atoms with Crippen molar-refractivity contribution in [2.24, 2.45) is 5.92 Å². The van der Waals surface area contributed by atoms with E-state index >= 15 is 0 Å². The number of rotatable bonds is 5. The third-order valence-corrected chi connectivity index (χ3v) is 2.70. The summed E-state index contributed by atoms with van der Waals surface area (Å²) in [6.45, 7) is 7.57. The number of carbonyl (C=O) groups excluding carboxylic acids is 2. The van der Waals surface area contributed by atoms with E-state index in [-0.39, 0.29) is 23.9 Å². The molecule has 0 spiro atoms. The molecule has 0 radical (unpaired) electrons. The van der Waals surface area contributed by atoms with Gasteiger partial charge in [0, 0.05) is 11.7 Å². The Labute approximate surface area is 120 Å². The van der Waals surface area contributed by atoms with Gasteiger partial charge in [-0.05, 0) is 31.9 Å². The van der Waals surface area contributed by atoms with Crippen molar-refractivity contribution >= 4 is 17.6 Å². The number of nitrogens with one attached hydrogen (secondary N) is 3. The van der Waals surface area contributed by atoms with Gasteiger partial charge in [-0.2, -0.15) is 0 Å². The molecule has 0 bridgehead atoms. The van der Waals surface area contributed by atoms with E-state index in [0.717, 1.165) is 0 Å². The predicted molar refractivity (Wildman–Crippen MR) is 80.5 cm³/mol. The van der Waals surface area contributed by atoms with Crippen LogP contribution in [0.1, 0.15) is 27.7 Å². The Morgan fingerprint density at radius 2 is 1.55 bits per heavy atom. The van der Waals surface area contributed by atoms with Crippen molar-refractivity contribution in [3.63, 3.8) is 0 Å². The lowest BCUT2D eigenvalue weighted by molar-refractivity contribution is -0.124. The van der Waals surface area contributed by atoms with E-state index in [1.165, 1.54) is 0 Å². The van der Waals surface area contributed by atoms with Gasteiger partial charge in [0.25, 0.3) is 0 Å². The standard InChI is InChI=1S/C15H23N3O2/c1-10(2)13(14(19)16-11(3)4)18-15(20)17-12-8-6-5-7-9-12/h5-11,13H,1-4H3,(H,16,19)(H2,17,18,20). The van der Waals surface area contributed by atoms with Crippen molar-refractivity contribution in [2.45, 2.75) is 39.8 Å². The first kappa shape index (κ1) is 16.0. The van der Waals surface area contributed by atoms with Gasteiger partial charge in [-0.15, -0.1) is 0 Å². The van der Waals surface area contributed by atoms with E-state index in [1.54, 1.807) is 12.1 Å². The Morgan fingerprint density at radius 1 is 0.950 bits per heavy atom. The molecule has 1 unspecified atom stereocenters. The molecule has 0 saturated carbocycles. The van der Waals surface area contributed by atoms with Crippen molar-refractivity contribution < 1.29 is 9.59 Å². The summed E-state index contributed by atoms with van der Waals surface area (Å²) < 4.78 is 0. The first-order valence-electron chi connectivity index (χ1n) is 6.83. The van der Waals surface area contributed by atoms with Crippen LogP contribution in [0.2, 0.25) is 0 Å². The van der Waals surface area contributed by atoms with Crippen LogP contribution in [-0.4, -0.2) is 24.0 Å². The fourth-order valence-corrected chi connectivity index (χ4v) is 1.74. The molecule has 20 heavy (non-hydrogen) atoms. The third-order valence-electron chi connectivity index (χ3n) is 2.70. The van der Waals surface area contributed by atoms with Crippen LogP contribution in [0.15, 0.2) is 30.3 Å². The number of carbonyl (C=O) groups is 2. The minimum absolute atomic E-state index is 0.00951. The summed E-state index contributed by atoms with van der Waals surface area (Å²) in [5, 5.41) is 8.23. The molecule has 5 heteroatoms. The number of hydrogen-bond donors (Lipinski definition) is 3. The maximum Gasteiger partial charge on any atom is 0.319 e. The number of anilines is 1. The molecule has 0 aromatic heterocycles. The highest BCUT2D eigenvalue weighted by atomic mass is 16.2. The minimum atomic E-state index is -0.555. The van der Waals surface area contributed by atoms with E-state index < -0.39 is 6.04 Å². The van der Waals surface area contributed by atoms with Crippen molar-refractivity contribution in [3.05, 3.63) is 30.3 Å². The van der Waals surface area contributed by atoms with Gasteiger partial charge in [0.1, 0.15) is 6.04 Å². The summed E-state index contributed by atoms with van der Waals surface area (Å²) in [5.74, 6) is -0.159. The second-order valence-corrected chi connectivity index (χ2v) is 5.35. The molecule has 0 saturated heterocycles. The lowest BCUT2D eigenvalue weighted by Crippen LogP contribution is -2.52. The highest BCUT2D eigenvalue weighted by Crippen LogP contribution is 2.06. The average molecular weight is 277 g/mol. The molecule has 0 heterocycles. The van der Waals surface area contributed by atoms with Crippen LogP contribution in [0, 0.1) is 5.92 Å². The van der Waals surface area contributed by atoms with Crippen LogP contribution >= 0.6 is 0 Å². The second kappa shape index (κ2) is 7.53. The third kappa shape index (κ3) is 5.30. The Morgan fingerprint density at radius 3 is 2.05 bits per heavy atom. The highest BCUT2D eigenvalue weighted by molar-refractivity contribution is 5.93. The second-order valence-electron chi connectivity index (χ2n) is 5.35. The van der Waals surface area contributed by atoms with Crippen molar-refractivity contribution in [2.75, 3.05) is 5.32 Å². The topological polar surface area (TPSA) is 70.2 Å². The van der Waals surface area contributed by atoms with E-state index in [4.69, 9.17) is 0 Å². The minimum Gasteiger partial charge on any atom is -0.352 e. The van der Waals surface area contributed by atoms with E-state index in [9.17, 15) is 9.59 Å². The summed E-state index contributed by atoms with van der Waals surface area (Å²) >= 11 is 0. The van der Waals surface area contributed by atoms with Crippen molar-refractivity contribution in [1.29, 1.82) is 0 Å². The molecule has 110 valence electrons. The molecule has 1 rings (SSSR count). The van der Waals surface area contributed by atoms with Crippen molar-refractivity contribution in [1.82, 2.24) is 10.6 Å². The Bertz CT molecular complexity index is 444. The molecule has 5 nitrogen and oxygen atoms in total. The smallest absolute Gasteiger partial charge is 0.319 e. The van der Waals surface area contributed by atoms with Crippen LogP contribution in [0.5, 0.6) is 0 Å². The molecule has 0 aliphatic carbocycles.